The molecule has 18 heavy (non-hydrogen) atoms. The Morgan fingerprint density at radius 2 is 2.28 bits per heavy atom. The molecule has 0 spiro atoms. The maximum absolute atomic E-state index is 5.57. The Balaban J connectivity index is 2.14. The number of hydrogen-bond donors (Lipinski definition) is 1. The van der Waals surface area contributed by atoms with Gasteiger partial charge in [0.05, 0.1) is 4.47 Å². The van der Waals surface area contributed by atoms with Crippen LogP contribution in [0.4, 0.5) is 0 Å². The smallest absolute Gasteiger partial charge is 0.184 e. The van der Waals surface area contributed by atoms with Gasteiger partial charge in [-0.1, -0.05) is 6.92 Å². The highest BCUT2D eigenvalue weighted by molar-refractivity contribution is 9.13. The maximum atomic E-state index is 5.57. The van der Waals surface area contributed by atoms with Crippen molar-refractivity contribution in [2.45, 2.75) is 26.3 Å². The van der Waals surface area contributed by atoms with E-state index in [1.165, 1.54) is 4.88 Å². The highest BCUT2D eigenvalue weighted by Crippen LogP contribution is 2.35. The van der Waals surface area contributed by atoms with Crippen molar-refractivity contribution in [2.75, 3.05) is 6.54 Å². The molecule has 2 aromatic rings. The molecule has 3 nitrogen and oxygen atoms in total. The molecule has 0 aliphatic heterocycles. The van der Waals surface area contributed by atoms with E-state index in [0.717, 1.165) is 28.2 Å². The number of halogens is 2. The van der Waals surface area contributed by atoms with Crippen LogP contribution in [0.5, 0.6) is 0 Å². The Morgan fingerprint density at radius 3 is 2.89 bits per heavy atom. The molecule has 2 aromatic heterocycles. The van der Waals surface area contributed by atoms with Gasteiger partial charge in [-0.2, -0.15) is 0 Å². The van der Waals surface area contributed by atoms with Crippen molar-refractivity contribution in [1.82, 2.24) is 10.3 Å². The van der Waals surface area contributed by atoms with E-state index in [1.54, 1.807) is 11.3 Å². The molecular weight excluding hydrogens is 380 g/mol. The van der Waals surface area contributed by atoms with Gasteiger partial charge in [0.1, 0.15) is 0 Å². The fourth-order valence-electron chi connectivity index (χ4n) is 1.51. The summed E-state index contributed by atoms with van der Waals surface area (Å²) in [7, 11) is 0. The normalized spacial score (nSPS) is 12.9. The maximum Gasteiger partial charge on any atom is 0.184 e. The lowest BCUT2D eigenvalue weighted by Gasteiger charge is -2.09. The quantitative estimate of drug-likeness (QED) is 0.777. The van der Waals surface area contributed by atoms with Gasteiger partial charge in [-0.05, 0) is 51.7 Å². The minimum atomic E-state index is 0.332. The summed E-state index contributed by atoms with van der Waals surface area (Å²) in [4.78, 5) is 5.64. The third-order valence-corrected chi connectivity index (χ3v) is 5.41. The Kier molecular flexibility index (Phi) is 5.00. The van der Waals surface area contributed by atoms with Crippen LogP contribution < -0.4 is 5.32 Å². The largest absolute Gasteiger partial charge is 0.446 e. The van der Waals surface area contributed by atoms with Crippen LogP contribution in [0.1, 0.15) is 31.2 Å². The number of rotatable bonds is 5. The minimum Gasteiger partial charge on any atom is -0.446 e. The zero-order valence-electron chi connectivity index (χ0n) is 10.2. The summed E-state index contributed by atoms with van der Waals surface area (Å²) >= 11 is 8.40. The van der Waals surface area contributed by atoms with Crippen molar-refractivity contribution in [3.63, 3.8) is 0 Å². The van der Waals surface area contributed by atoms with Crippen molar-refractivity contribution >= 4 is 43.2 Å². The molecule has 2 rings (SSSR count). The summed E-state index contributed by atoms with van der Waals surface area (Å²) in [6.45, 7) is 5.34. The monoisotopic (exact) mass is 392 g/mol. The molecule has 98 valence electrons. The summed E-state index contributed by atoms with van der Waals surface area (Å²) < 4.78 is 7.18. The van der Waals surface area contributed by atoms with Gasteiger partial charge < -0.3 is 9.73 Å². The number of thiazole rings is 1. The lowest BCUT2D eigenvalue weighted by molar-refractivity contribution is 0.553. The average Bonchev–Trinajstić information content (AvgIpc) is 2.94. The molecule has 1 unspecified atom stereocenters. The Morgan fingerprint density at radius 1 is 1.50 bits per heavy atom. The lowest BCUT2D eigenvalue weighted by Crippen LogP contribution is -2.18. The van der Waals surface area contributed by atoms with Crippen LogP contribution in [0.25, 0.3) is 10.8 Å². The van der Waals surface area contributed by atoms with E-state index in [9.17, 15) is 0 Å². The number of nitrogens with one attached hydrogen (secondary N) is 1. The van der Waals surface area contributed by atoms with Crippen LogP contribution in [-0.2, 0) is 0 Å². The molecule has 0 aliphatic rings. The Hall–Kier alpha value is -0.170. The predicted molar refractivity (Wildman–Crippen MR) is 81.9 cm³/mol. The topological polar surface area (TPSA) is 38.1 Å². The zero-order chi connectivity index (χ0) is 13.1. The first-order valence-corrected chi connectivity index (χ1v) is 8.16. The second-order valence-corrected chi connectivity index (χ2v) is 6.61. The first-order chi connectivity index (χ1) is 8.61. The number of furan rings is 1. The molecule has 2 heterocycles. The summed E-state index contributed by atoms with van der Waals surface area (Å²) in [6.07, 6.45) is 3.05. The van der Waals surface area contributed by atoms with Crippen LogP contribution in [-0.4, -0.2) is 11.5 Å². The van der Waals surface area contributed by atoms with Crippen LogP contribution in [0.3, 0.4) is 0 Å². The van der Waals surface area contributed by atoms with E-state index < -0.39 is 0 Å². The number of aromatic nitrogens is 1. The van der Waals surface area contributed by atoms with Crippen LogP contribution in [0.2, 0.25) is 0 Å². The van der Waals surface area contributed by atoms with Gasteiger partial charge in [0.25, 0.3) is 0 Å². The third kappa shape index (κ3) is 3.23. The van der Waals surface area contributed by atoms with E-state index >= 15 is 0 Å². The summed E-state index contributed by atoms with van der Waals surface area (Å²) in [5, 5.41) is 4.36. The van der Waals surface area contributed by atoms with Crippen molar-refractivity contribution in [1.29, 1.82) is 0 Å². The molecular formula is C12H14Br2N2OS. The molecule has 6 heteroatoms. The molecule has 0 saturated heterocycles. The SMILES string of the molecule is CCCNC(C)c1cnc(-c2cc(Br)c(Br)o2)s1. The molecule has 1 N–H and O–H groups in total. The predicted octanol–water partition coefficient (Wildman–Crippen LogP) is 4.99. The van der Waals surface area contributed by atoms with Crippen LogP contribution in [0, 0.1) is 0 Å². The van der Waals surface area contributed by atoms with Crippen molar-refractivity contribution in [2.24, 2.45) is 0 Å². The van der Waals surface area contributed by atoms with Crippen molar-refractivity contribution in [3.05, 3.63) is 26.3 Å². The second-order valence-electron chi connectivity index (χ2n) is 3.98. The second kappa shape index (κ2) is 6.32. The fourth-order valence-corrected chi connectivity index (χ4v) is 2.99. The van der Waals surface area contributed by atoms with E-state index in [1.807, 2.05) is 12.3 Å². The fraction of sp³-hybridized carbons (Fsp3) is 0.417. The van der Waals surface area contributed by atoms with Gasteiger partial charge in [-0.25, -0.2) is 4.98 Å². The van der Waals surface area contributed by atoms with Gasteiger partial charge in [0, 0.05) is 23.2 Å². The standard InChI is InChI=1S/C12H14Br2N2OS/c1-3-4-15-7(2)10-6-16-12(18-10)9-5-8(13)11(14)17-9/h5-7,15H,3-4H2,1-2H3. The van der Waals surface area contributed by atoms with E-state index in [2.05, 4.69) is 56.0 Å². The molecule has 0 aromatic carbocycles. The summed E-state index contributed by atoms with van der Waals surface area (Å²) in [5.74, 6) is 0.785. The number of nitrogens with zero attached hydrogens (tertiary/aromatic N) is 1. The van der Waals surface area contributed by atoms with Gasteiger partial charge in [-0.15, -0.1) is 11.3 Å². The Labute approximate surface area is 127 Å². The molecule has 0 aliphatic carbocycles. The number of hydrogen-bond acceptors (Lipinski definition) is 4. The van der Waals surface area contributed by atoms with E-state index in [4.69, 9.17) is 4.42 Å². The first-order valence-electron chi connectivity index (χ1n) is 5.76. The third-order valence-electron chi connectivity index (χ3n) is 2.51. The summed E-state index contributed by atoms with van der Waals surface area (Å²) in [6, 6.07) is 2.26. The first kappa shape index (κ1) is 14.2. The van der Waals surface area contributed by atoms with Crippen molar-refractivity contribution < 1.29 is 4.42 Å². The molecule has 1 atom stereocenters. The lowest BCUT2D eigenvalue weighted by atomic mass is 10.3. The summed E-state index contributed by atoms with van der Waals surface area (Å²) in [5.41, 5.74) is 0. The van der Waals surface area contributed by atoms with Gasteiger partial charge in [0.2, 0.25) is 0 Å². The van der Waals surface area contributed by atoms with E-state index in [-0.39, 0.29) is 0 Å². The van der Waals surface area contributed by atoms with Crippen LogP contribution in [0.15, 0.2) is 25.8 Å². The molecule has 0 radical (unpaired) electrons. The zero-order valence-corrected chi connectivity index (χ0v) is 14.2. The van der Waals surface area contributed by atoms with Crippen LogP contribution >= 0.6 is 43.2 Å². The molecule has 0 fully saturated rings. The van der Waals surface area contributed by atoms with Crippen molar-refractivity contribution in [3.8, 4) is 10.8 Å². The minimum absolute atomic E-state index is 0.332. The highest BCUT2D eigenvalue weighted by atomic mass is 79.9. The van der Waals surface area contributed by atoms with Gasteiger partial charge >= 0.3 is 0 Å². The Bertz CT molecular complexity index is 504. The molecule has 0 saturated carbocycles. The van der Waals surface area contributed by atoms with Gasteiger partial charge in [-0.3, -0.25) is 0 Å². The average molecular weight is 394 g/mol. The molecule has 0 bridgehead atoms. The van der Waals surface area contributed by atoms with E-state index in [0.29, 0.717) is 10.7 Å². The molecule has 0 amide bonds. The van der Waals surface area contributed by atoms with Gasteiger partial charge in [0.15, 0.2) is 15.4 Å². The highest BCUT2D eigenvalue weighted by Gasteiger charge is 2.14.